The number of amides is 1. The van der Waals surface area contributed by atoms with Crippen LogP contribution < -0.4 is 5.32 Å². The van der Waals surface area contributed by atoms with Gasteiger partial charge in [0.2, 0.25) is 5.91 Å². The molecule has 1 rings (SSSR count). The summed E-state index contributed by atoms with van der Waals surface area (Å²) in [5.41, 5.74) is 0. The van der Waals surface area contributed by atoms with E-state index in [1.54, 1.807) is 6.92 Å². The second-order valence-electron chi connectivity index (χ2n) is 3.35. The van der Waals surface area contributed by atoms with Gasteiger partial charge in [0, 0.05) is 39.5 Å². The highest BCUT2D eigenvalue weighted by Crippen LogP contribution is 2.03. The maximum atomic E-state index is 10.5. The van der Waals surface area contributed by atoms with Crippen molar-refractivity contribution < 1.29 is 4.79 Å². The lowest BCUT2D eigenvalue weighted by atomic mass is 10.4. The van der Waals surface area contributed by atoms with Crippen molar-refractivity contribution in [2.45, 2.75) is 13.3 Å². The third-order valence-electron chi connectivity index (χ3n) is 1.93. The first kappa shape index (κ1) is 9.89. The smallest absolute Gasteiger partial charge is 0.216 e. The predicted molar refractivity (Wildman–Crippen MR) is 51.8 cm³/mol. The summed E-state index contributed by atoms with van der Waals surface area (Å²) in [5.74, 6) is 0.0501. The molecule has 0 saturated carbocycles. The second-order valence-corrected chi connectivity index (χ2v) is 3.35. The van der Waals surface area contributed by atoms with Crippen molar-refractivity contribution in [3.63, 3.8) is 0 Å². The fourth-order valence-electron chi connectivity index (χ4n) is 1.28. The Morgan fingerprint density at radius 1 is 1.54 bits per heavy atom. The van der Waals surface area contributed by atoms with E-state index in [0.717, 1.165) is 26.2 Å². The van der Waals surface area contributed by atoms with Gasteiger partial charge in [-0.05, 0) is 6.42 Å². The zero-order valence-corrected chi connectivity index (χ0v) is 8.29. The number of hydrogen-bond donors (Lipinski definition) is 1. The van der Waals surface area contributed by atoms with Crippen LogP contribution >= 0.6 is 0 Å². The van der Waals surface area contributed by atoms with Crippen LogP contribution in [0.3, 0.4) is 0 Å². The van der Waals surface area contributed by atoms with Crippen molar-refractivity contribution in [1.29, 1.82) is 0 Å². The van der Waals surface area contributed by atoms with Crippen LogP contribution in [0.5, 0.6) is 0 Å². The lowest BCUT2D eigenvalue weighted by Crippen LogP contribution is -2.27. The Morgan fingerprint density at radius 2 is 2.31 bits per heavy atom. The number of nitrogens with zero attached hydrogens (tertiary/aromatic N) is 2. The summed E-state index contributed by atoms with van der Waals surface area (Å²) in [5, 5.41) is 2.78. The minimum Gasteiger partial charge on any atom is -0.362 e. The molecule has 1 N–H and O–H groups in total. The van der Waals surface area contributed by atoms with E-state index in [0.29, 0.717) is 0 Å². The van der Waals surface area contributed by atoms with Crippen LogP contribution in [0.2, 0.25) is 0 Å². The summed E-state index contributed by atoms with van der Waals surface area (Å²) in [6.45, 7) is 4.27. The Bertz CT molecular complexity index is 203. The molecule has 0 aromatic rings. The third-order valence-corrected chi connectivity index (χ3v) is 1.93. The van der Waals surface area contributed by atoms with Crippen LogP contribution in [0.1, 0.15) is 13.3 Å². The maximum Gasteiger partial charge on any atom is 0.216 e. The molecule has 13 heavy (non-hydrogen) atoms. The highest BCUT2D eigenvalue weighted by Gasteiger charge is 2.06. The molecular weight excluding hydrogens is 166 g/mol. The number of nitrogens with one attached hydrogen (secondary N) is 1. The summed E-state index contributed by atoms with van der Waals surface area (Å²) in [6.07, 6.45) is 5.13. The van der Waals surface area contributed by atoms with Crippen molar-refractivity contribution in [1.82, 2.24) is 15.1 Å². The molecule has 4 heteroatoms. The minimum absolute atomic E-state index is 0.0501. The molecule has 0 radical (unpaired) electrons. The summed E-state index contributed by atoms with van der Waals surface area (Å²) < 4.78 is 0. The number of carbonyl (C=O) groups is 1. The zero-order valence-electron chi connectivity index (χ0n) is 8.29. The maximum absolute atomic E-state index is 10.5. The molecular formula is C9H17N3O. The molecule has 0 aliphatic carbocycles. The highest BCUT2D eigenvalue weighted by atomic mass is 16.1. The third kappa shape index (κ3) is 3.83. The van der Waals surface area contributed by atoms with Gasteiger partial charge in [-0.1, -0.05) is 0 Å². The molecule has 4 nitrogen and oxygen atoms in total. The zero-order chi connectivity index (χ0) is 9.68. The Labute approximate surface area is 79.2 Å². The molecule has 1 amide bonds. The monoisotopic (exact) mass is 183 g/mol. The average Bonchev–Trinajstić information content (AvgIpc) is 2.45. The molecule has 0 unspecified atom stereocenters. The Kier molecular flexibility index (Phi) is 3.61. The van der Waals surface area contributed by atoms with Gasteiger partial charge in [-0.25, -0.2) is 0 Å². The van der Waals surface area contributed by atoms with E-state index in [4.69, 9.17) is 0 Å². The van der Waals surface area contributed by atoms with Crippen molar-refractivity contribution >= 4 is 5.91 Å². The average molecular weight is 183 g/mol. The topological polar surface area (TPSA) is 35.6 Å². The van der Waals surface area contributed by atoms with Crippen LogP contribution in [-0.4, -0.2) is 42.5 Å². The molecule has 1 aliphatic heterocycles. The van der Waals surface area contributed by atoms with Crippen LogP contribution in [0.15, 0.2) is 12.4 Å². The van der Waals surface area contributed by atoms with E-state index in [1.165, 1.54) is 0 Å². The normalized spacial score (nSPS) is 15.2. The Hall–Kier alpha value is -1.19. The Balaban J connectivity index is 2.01. The first-order chi connectivity index (χ1) is 6.18. The highest BCUT2D eigenvalue weighted by molar-refractivity contribution is 5.72. The SMILES string of the molecule is CC(=O)NCCCN1C=CN(C)C1. The second kappa shape index (κ2) is 4.74. The molecule has 0 bridgehead atoms. The lowest BCUT2D eigenvalue weighted by Gasteiger charge is -2.17. The summed E-state index contributed by atoms with van der Waals surface area (Å²) in [4.78, 5) is 14.9. The van der Waals surface area contributed by atoms with E-state index in [2.05, 4.69) is 27.5 Å². The van der Waals surface area contributed by atoms with E-state index in [1.807, 2.05) is 7.05 Å². The number of hydrogen-bond acceptors (Lipinski definition) is 3. The lowest BCUT2D eigenvalue weighted by molar-refractivity contribution is -0.118. The van der Waals surface area contributed by atoms with E-state index in [9.17, 15) is 4.79 Å². The van der Waals surface area contributed by atoms with Gasteiger partial charge in [0.15, 0.2) is 0 Å². The molecule has 74 valence electrons. The van der Waals surface area contributed by atoms with Crippen molar-refractivity contribution in [3.8, 4) is 0 Å². The van der Waals surface area contributed by atoms with E-state index >= 15 is 0 Å². The molecule has 0 aromatic heterocycles. The van der Waals surface area contributed by atoms with Gasteiger partial charge in [-0.3, -0.25) is 4.79 Å². The summed E-state index contributed by atoms with van der Waals surface area (Å²) >= 11 is 0. The molecule has 1 heterocycles. The fraction of sp³-hybridized carbons (Fsp3) is 0.667. The quantitative estimate of drug-likeness (QED) is 0.632. The molecule has 0 fully saturated rings. The number of carbonyl (C=O) groups excluding carboxylic acids is 1. The predicted octanol–water partition coefficient (Wildman–Crippen LogP) is 0.189. The molecule has 0 spiro atoms. The van der Waals surface area contributed by atoms with E-state index in [-0.39, 0.29) is 5.91 Å². The largest absolute Gasteiger partial charge is 0.362 e. The molecule has 0 saturated heterocycles. The van der Waals surface area contributed by atoms with Gasteiger partial charge in [-0.2, -0.15) is 0 Å². The Morgan fingerprint density at radius 3 is 2.85 bits per heavy atom. The van der Waals surface area contributed by atoms with Gasteiger partial charge >= 0.3 is 0 Å². The fourth-order valence-corrected chi connectivity index (χ4v) is 1.28. The van der Waals surface area contributed by atoms with Gasteiger partial charge in [-0.15, -0.1) is 0 Å². The van der Waals surface area contributed by atoms with Crippen LogP contribution in [0, 0.1) is 0 Å². The van der Waals surface area contributed by atoms with Gasteiger partial charge < -0.3 is 15.1 Å². The molecule has 0 atom stereocenters. The van der Waals surface area contributed by atoms with Gasteiger partial charge in [0.1, 0.15) is 0 Å². The van der Waals surface area contributed by atoms with Crippen molar-refractivity contribution in [3.05, 3.63) is 12.4 Å². The molecule has 1 aliphatic rings. The van der Waals surface area contributed by atoms with Crippen LogP contribution in [-0.2, 0) is 4.79 Å². The van der Waals surface area contributed by atoms with Crippen LogP contribution in [0.25, 0.3) is 0 Å². The summed E-state index contributed by atoms with van der Waals surface area (Å²) in [6, 6.07) is 0. The minimum atomic E-state index is 0.0501. The summed E-state index contributed by atoms with van der Waals surface area (Å²) in [7, 11) is 2.05. The first-order valence-electron chi connectivity index (χ1n) is 4.55. The number of rotatable bonds is 4. The first-order valence-corrected chi connectivity index (χ1v) is 4.55. The van der Waals surface area contributed by atoms with E-state index < -0.39 is 0 Å². The van der Waals surface area contributed by atoms with Crippen LogP contribution in [0.4, 0.5) is 0 Å². The van der Waals surface area contributed by atoms with Gasteiger partial charge in [0.05, 0.1) is 6.67 Å². The standard InChI is InChI=1S/C9H17N3O/c1-9(13)10-4-3-5-12-7-6-11(2)8-12/h6-7H,3-5,8H2,1-2H3,(H,10,13). The van der Waals surface area contributed by atoms with Crippen molar-refractivity contribution in [2.24, 2.45) is 0 Å². The van der Waals surface area contributed by atoms with Gasteiger partial charge in [0.25, 0.3) is 0 Å². The molecule has 0 aromatic carbocycles. The van der Waals surface area contributed by atoms with Crippen molar-refractivity contribution in [2.75, 3.05) is 26.8 Å².